The highest BCUT2D eigenvalue weighted by molar-refractivity contribution is 5.28. The fourth-order valence-electron chi connectivity index (χ4n) is 1.40. The van der Waals surface area contributed by atoms with E-state index in [1.165, 1.54) is 0 Å². The Bertz CT molecular complexity index is 272. The number of β-amino-alcohol motifs (C(OH)–C–C–N with tert-alkyl or cyclic N) is 1. The predicted molar refractivity (Wildman–Crippen MR) is 44.1 cm³/mol. The zero-order chi connectivity index (χ0) is 8.55. The van der Waals surface area contributed by atoms with Gasteiger partial charge in [0.05, 0.1) is 11.8 Å². The van der Waals surface area contributed by atoms with Crippen LogP contribution in [0.15, 0.2) is 10.7 Å². The Hall–Kier alpha value is -1.03. The van der Waals surface area contributed by atoms with Crippen LogP contribution in [0.2, 0.25) is 0 Å². The number of rotatable bonds is 1. The summed E-state index contributed by atoms with van der Waals surface area (Å²) < 4.78 is 5.20. The lowest BCUT2D eigenvalue weighted by molar-refractivity contribution is 0.198. The third kappa shape index (κ3) is 1.30. The van der Waals surface area contributed by atoms with Gasteiger partial charge in [0.1, 0.15) is 6.26 Å². The number of nitrogens with zero attached hydrogens (tertiary/aromatic N) is 2. The van der Waals surface area contributed by atoms with Gasteiger partial charge >= 0.3 is 0 Å². The highest BCUT2D eigenvalue weighted by Crippen LogP contribution is 2.18. The molecule has 0 bridgehead atoms. The standard InChI is InChI=1S/C8H12N2O2/c1-6-5-12-8(9-6)10-3-2-7(11)4-10/h5,7,11H,2-4H2,1H3/t7-/m1/s1. The number of aromatic nitrogens is 1. The molecule has 66 valence electrons. The van der Waals surface area contributed by atoms with Crippen LogP contribution in [0, 0.1) is 6.92 Å². The Morgan fingerprint density at radius 1 is 1.75 bits per heavy atom. The Balaban J connectivity index is 2.11. The fourth-order valence-corrected chi connectivity index (χ4v) is 1.40. The van der Waals surface area contributed by atoms with Gasteiger partial charge in [-0.1, -0.05) is 0 Å². The molecule has 0 aromatic carbocycles. The van der Waals surface area contributed by atoms with Gasteiger partial charge < -0.3 is 14.4 Å². The van der Waals surface area contributed by atoms with Gasteiger partial charge in [0.25, 0.3) is 6.01 Å². The second kappa shape index (κ2) is 2.79. The van der Waals surface area contributed by atoms with Crippen LogP contribution in [-0.4, -0.2) is 29.3 Å². The molecule has 12 heavy (non-hydrogen) atoms. The van der Waals surface area contributed by atoms with Crippen molar-refractivity contribution < 1.29 is 9.52 Å². The Morgan fingerprint density at radius 2 is 2.58 bits per heavy atom. The summed E-state index contributed by atoms with van der Waals surface area (Å²) in [6, 6.07) is 0.629. The van der Waals surface area contributed by atoms with Crippen molar-refractivity contribution in [3.63, 3.8) is 0 Å². The topological polar surface area (TPSA) is 49.5 Å². The molecule has 1 N–H and O–H groups in total. The van der Waals surface area contributed by atoms with Crippen molar-refractivity contribution in [3.8, 4) is 0 Å². The Kier molecular flexibility index (Phi) is 1.77. The molecule has 0 amide bonds. The van der Waals surface area contributed by atoms with Crippen molar-refractivity contribution >= 4 is 6.01 Å². The van der Waals surface area contributed by atoms with Gasteiger partial charge in [0.2, 0.25) is 0 Å². The summed E-state index contributed by atoms with van der Waals surface area (Å²) in [5.41, 5.74) is 0.881. The number of oxazole rings is 1. The quantitative estimate of drug-likeness (QED) is 0.665. The first-order chi connectivity index (χ1) is 5.75. The maximum atomic E-state index is 9.26. The van der Waals surface area contributed by atoms with Crippen molar-refractivity contribution in [1.82, 2.24) is 4.98 Å². The molecule has 0 radical (unpaired) electrons. The first-order valence-electron chi connectivity index (χ1n) is 4.11. The van der Waals surface area contributed by atoms with E-state index in [1.807, 2.05) is 11.8 Å². The molecule has 4 nitrogen and oxygen atoms in total. The monoisotopic (exact) mass is 168 g/mol. The first kappa shape index (κ1) is 7.61. The SMILES string of the molecule is Cc1coc(N2CC[C@@H](O)C2)n1. The van der Waals surface area contributed by atoms with Gasteiger partial charge in [-0.2, -0.15) is 4.98 Å². The van der Waals surface area contributed by atoms with E-state index in [1.54, 1.807) is 6.26 Å². The van der Waals surface area contributed by atoms with E-state index >= 15 is 0 Å². The summed E-state index contributed by atoms with van der Waals surface area (Å²) in [7, 11) is 0. The van der Waals surface area contributed by atoms with Gasteiger partial charge in [-0.15, -0.1) is 0 Å². The molecule has 2 heterocycles. The molecular formula is C8H12N2O2. The molecule has 0 unspecified atom stereocenters. The molecule has 2 rings (SSSR count). The van der Waals surface area contributed by atoms with Gasteiger partial charge in [0.15, 0.2) is 0 Å². The molecule has 0 saturated carbocycles. The molecule has 1 aliphatic rings. The maximum absolute atomic E-state index is 9.26. The van der Waals surface area contributed by atoms with Crippen LogP contribution in [0.25, 0.3) is 0 Å². The average molecular weight is 168 g/mol. The lowest BCUT2D eigenvalue weighted by atomic mass is 10.3. The fraction of sp³-hybridized carbons (Fsp3) is 0.625. The van der Waals surface area contributed by atoms with E-state index in [4.69, 9.17) is 4.42 Å². The van der Waals surface area contributed by atoms with Crippen LogP contribution in [-0.2, 0) is 0 Å². The second-order valence-electron chi connectivity index (χ2n) is 3.16. The second-order valence-corrected chi connectivity index (χ2v) is 3.16. The highest BCUT2D eigenvalue weighted by atomic mass is 16.4. The van der Waals surface area contributed by atoms with Crippen LogP contribution in [0.5, 0.6) is 0 Å². The van der Waals surface area contributed by atoms with E-state index < -0.39 is 0 Å². The molecule has 1 fully saturated rings. The molecule has 1 atom stereocenters. The molecule has 1 aliphatic heterocycles. The molecule has 4 heteroatoms. The summed E-state index contributed by atoms with van der Waals surface area (Å²) in [6.45, 7) is 3.36. The zero-order valence-corrected chi connectivity index (χ0v) is 7.03. The normalized spacial score (nSPS) is 23.5. The third-order valence-electron chi connectivity index (χ3n) is 2.04. The molecule has 0 spiro atoms. The molecule has 1 aromatic rings. The summed E-state index contributed by atoms with van der Waals surface area (Å²) in [5.74, 6) is 0. The van der Waals surface area contributed by atoms with E-state index in [0.29, 0.717) is 12.6 Å². The predicted octanol–water partition coefficient (Wildman–Crippen LogP) is 0.554. The van der Waals surface area contributed by atoms with Crippen molar-refractivity contribution in [2.45, 2.75) is 19.4 Å². The lowest BCUT2D eigenvalue weighted by Crippen LogP contribution is -2.21. The number of aliphatic hydroxyl groups excluding tert-OH is 1. The molecule has 1 saturated heterocycles. The van der Waals surface area contributed by atoms with E-state index in [9.17, 15) is 5.11 Å². The van der Waals surface area contributed by atoms with Gasteiger partial charge in [0, 0.05) is 13.1 Å². The van der Waals surface area contributed by atoms with Crippen LogP contribution < -0.4 is 4.90 Å². The number of aryl methyl sites for hydroxylation is 1. The van der Waals surface area contributed by atoms with Crippen LogP contribution in [0.4, 0.5) is 6.01 Å². The van der Waals surface area contributed by atoms with Gasteiger partial charge in [-0.25, -0.2) is 0 Å². The van der Waals surface area contributed by atoms with Crippen LogP contribution in [0.1, 0.15) is 12.1 Å². The van der Waals surface area contributed by atoms with Crippen molar-refractivity contribution in [2.24, 2.45) is 0 Å². The van der Waals surface area contributed by atoms with Crippen LogP contribution >= 0.6 is 0 Å². The number of hydrogen-bond donors (Lipinski definition) is 1. The first-order valence-corrected chi connectivity index (χ1v) is 4.11. The Labute approximate surface area is 70.8 Å². The molecular weight excluding hydrogens is 156 g/mol. The van der Waals surface area contributed by atoms with Gasteiger partial charge in [-0.05, 0) is 13.3 Å². The van der Waals surface area contributed by atoms with Crippen molar-refractivity contribution in [2.75, 3.05) is 18.0 Å². The number of anilines is 1. The number of hydrogen-bond acceptors (Lipinski definition) is 4. The average Bonchev–Trinajstić information content (AvgIpc) is 2.58. The highest BCUT2D eigenvalue weighted by Gasteiger charge is 2.23. The van der Waals surface area contributed by atoms with Gasteiger partial charge in [-0.3, -0.25) is 0 Å². The largest absolute Gasteiger partial charge is 0.432 e. The molecule has 0 aliphatic carbocycles. The zero-order valence-electron chi connectivity index (χ0n) is 7.03. The van der Waals surface area contributed by atoms with Crippen molar-refractivity contribution in [3.05, 3.63) is 12.0 Å². The van der Waals surface area contributed by atoms with E-state index in [-0.39, 0.29) is 6.10 Å². The van der Waals surface area contributed by atoms with Crippen LogP contribution in [0.3, 0.4) is 0 Å². The summed E-state index contributed by atoms with van der Waals surface area (Å²) >= 11 is 0. The van der Waals surface area contributed by atoms with E-state index in [0.717, 1.165) is 18.7 Å². The summed E-state index contributed by atoms with van der Waals surface area (Å²) in [5, 5.41) is 9.26. The Morgan fingerprint density at radius 3 is 3.08 bits per heavy atom. The minimum Gasteiger partial charge on any atom is -0.432 e. The number of aliphatic hydroxyl groups is 1. The third-order valence-corrected chi connectivity index (χ3v) is 2.04. The lowest BCUT2D eigenvalue weighted by Gasteiger charge is -2.10. The summed E-state index contributed by atoms with van der Waals surface area (Å²) in [6.07, 6.45) is 2.21. The maximum Gasteiger partial charge on any atom is 0.297 e. The smallest absolute Gasteiger partial charge is 0.297 e. The minimum absolute atomic E-state index is 0.225. The van der Waals surface area contributed by atoms with Crippen molar-refractivity contribution in [1.29, 1.82) is 0 Å². The summed E-state index contributed by atoms with van der Waals surface area (Å²) in [4.78, 5) is 6.13. The van der Waals surface area contributed by atoms with E-state index in [2.05, 4.69) is 4.98 Å². The minimum atomic E-state index is -0.225. The molecule has 1 aromatic heterocycles.